The molecule has 4 nitrogen and oxygen atoms in total. The predicted octanol–water partition coefficient (Wildman–Crippen LogP) is 0.822. The predicted molar refractivity (Wildman–Crippen MR) is 63.3 cm³/mol. The summed E-state index contributed by atoms with van der Waals surface area (Å²) < 4.78 is 5.18. The van der Waals surface area contributed by atoms with Gasteiger partial charge in [0.15, 0.2) is 5.96 Å². The summed E-state index contributed by atoms with van der Waals surface area (Å²) in [7, 11) is 1.75. The van der Waals surface area contributed by atoms with Gasteiger partial charge < -0.3 is 15.4 Å². The Morgan fingerprint density at radius 2 is 2.44 bits per heavy atom. The Bertz CT molecular complexity index is 317. The van der Waals surface area contributed by atoms with Gasteiger partial charge in [0.25, 0.3) is 0 Å². The van der Waals surface area contributed by atoms with Gasteiger partial charge in [0.2, 0.25) is 0 Å². The third-order valence-electron chi connectivity index (χ3n) is 4.79. The molecule has 2 aliphatic carbocycles. The number of hydrogen-bond donors (Lipinski definition) is 1. The molecule has 2 saturated carbocycles. The quantitative estimate of drug-likeness (QED) is 0.770. The average Bonchev–Trinajstić information content (AvgIpc) is 2.94. The highest BCUT2D eigenvalue weighted by Crippen LogP contribution is 2.54. The first kappa shape index (κ1) is 10.4. The number of fused-ring (bicyclic) bond motifs is 3. The summed E-state index contributed by atoms with van der Waals surface area (Å²) in [6.07, 6.45) is 5.49. The SMILES string of the molecule is COCCN1C(N)=NCC12CC1CCC2C1. The first-order chi connectivity index (χ1) is 7.76. The fraction of sp³-hybridized carbons (Fsp3) is 0.917. The molecule has 3 rings (SSSR count). The maximum absolute atomic E-state index is 6.03. The number of methoxy groups -OCH3 is 1. The number of nitrogens with two attached hydrogens (primary N) is 1. The van der Waals surface area contributed by atoms with Crippen molar-refractivity contribution in [1.82, 2.24) is 4.90 Å². The van der Waals surface area contributed by atoms with Crippen LogP contribution in [-0.4, -0.2) is 43.2 Å². The molecule has 1 heterocycles. The summed E-state index contributed by atoms with van der Waals surface area (Å²) in [4.78, 5) is 6.82. The summed E-state index contributed by atoms with van der Waals surface area (Å²) in [5, 5.41) is 0. The van der Waals surface area contributed by atoms with E-state index >= 15 is 0 Å². The molecule has 90 valence electrons. The van der Waals surface area contributed by atoms with Crippen molar-refractivity contribution < 1.29 is 4.74 Å². The molecule has 2 fully saturated rings. The van der Waals surface area contributed by atoms with Crippen LogP contribution in [0.4, 0.5) is 0 Å². The summed E-state index contributed by atoms with van der Waals surface area (Å²) >= 11 is 0. The van der Waals surface area contributed by atoms with Crippen molar-refractivity contribution in [1.29, 1.82) is 0 Å². The Balaban J connectivity index is 1.80. The van der Waals surface area contributed by atoms with Crippen LogP contribution in [0.25, 0.3) is 0 Å². The maximum atomic E-state index is 6.03. The second-order valence-corrected chi connectivity index (χ2v) is 5.50. The monoisotopic (exact) mass is 223 g/mol. The van der Waals surface area contributed by atoms with E-state index in [0.717, 1.165) is 37.5 Å². The molecule has 2 bridgehead atoms. The van der Waals surface area contributed by atoms with E-state index in [1.165, 1.54) is 25.7 Å². The highest BCUT2D eigenvalue weighted by atomic mass is 16.5. The van der Waals surface area contributed by atoms with E-state index in [1.807, 2.05) is 0 Å². The van der Waals surface area contributed by atoms with Crippen LogP contribution in [0.15, 0.2) is 4.99 Å². The molecule has 0 aromatic heterocycles. The number of guanidine groups is 1. The smallest absolute Gasteiger partial charge is 0.191 e. The van der Waals surface area contributed by atoms with Crippen LogP contribution >= 0.6 is 0 Å². The summed E-state index contributed by atoms with van der Waals surface area (Å²) in [5.74, 6) is 2.49. The van der Waals surface area contributed by atoms with Crippen LogP contribution in [-0.2, 0) is 4.74 Å². The van der Waals surface area contributed by atoms with Crippen molar-refractivity contribution in [2.24, 2.45) is 22.6 Å². The molecule has 0 radical (unpaired) electrons. The van der Waals surface area contributed by atoms with Gasteiger partial charge in [0, 0.05) is 13.7 Å². The van der Waals surface area contributed by atoms with Gasteiger partial charge in [-0.25, -0.2) is 0 Å². The van der Waals surface area contributed by atoms with Crippen LogP contribution in [0.3, 0.4) is 0 Å². The van der Waals surface area contributed by atoms with Gasteiger partial charge in [0.1, 0.15) is 0 Å². The van der Waals surface area contributed by atoms with Gasteiger partial charge in [0.05, 0.1) is 18.7 Å². The third-order valence-corrected chi connectivity index (χ3v) is 4.79. The van der Waals surface area contributed by atoms with Crippen molar-refractivity contribution in [2.45, 2.75) is 31.2 Å². The lowest BCUT2D eigenvalue weighted by atomic mass is 9.80. The van der Waals surface area contributed by atoms with Gasteiger partial charge in [-0.3, -0.25) is 4.99 Å². The molecule has 0 aromatic carbocycles. The molecule has 3 unspecified atom stereocenters. The number of hydrogen-bond acceptors (Lipinski definition) is 4. The third kappa shape index (κ3) is 1.29. The van der Waals surface area contributed by atoms with E-state index in [-0.39, 0.29) is 5.54 Å². The van der Waals surface area contributed by atoms with E-state index in [0.29, 0.717) is 0 Å². The molecular weight excluding hydrogens is 202 g/mol. The zero-order valence-corrected chi connectivity index (χ0v) is 9.98. The minimum Gasteiger partial charge on any atom is -0.383 e. The van der Waals surface area contributed by atoms with Crippen LogP contribution < -0.4 is 5.73 Å². The van der Waals surface area contributed by atoms with Crippen LogP contribution in [0, 0.1) is 11.8 Å². The van der Waals surface area contributed by atoms with Crippen molar-refractivity contribution in [3.05, 3.63) is 0 Å². The van der Waals surface area contributed by atoms with E-state index < -0.39 is 0 Å². The lowest BCUT2D eigenvalue weighted by Gasteiger charge is -2.42. The van der Waals surface area contributed by atoms with Crippen molar-refractivity contribution >= 4 is 5.96 Å². The Hall–Kier alpha value is -0.770. The molecule has 1 spiro atoms. The first-order valence-corrected chi connectivity index (χ1v) is 6.33. The van der Waals surface area contributed by atoms with Gasteiger partial charge in [-0.05, 0) is 37.5 Å². The lowest BCUT2D eigenvalue weighted by molar-refractivity contribution is 0.0891. The lowest BCUT2D eigenvalue weighted by Crippen LogP contribution is -2.55. The second kappa shape index (κ2) is 3.62. The molecule has 4 heteroatoms. The standard InChI is InChI=1S/C12H21N3O/c1-16-5-4-15-11(13)14-8-12(15)7-9-2-3-10(12)6-9/h9-10H,2-8H2,1H3,(H2,13,14). The number of rotatable bonds is 3. The highest BCUT2D eigenvalue weighted by molar-refractivity contribution is 5.81. The van der Waals surface area contributed by atoms with Gasteiger partial charge >= 0.3 is 0 Å². The highest BCUT2D eigenvalue weighted by Gasteiger charge is 2.56. The topological polar surface area (TPSA) is 50.9 Å². The van der Waals surface area contributed by atoms with Crippen molar-refractivity contribution in [2.75, 3.05) is 26.8 Å². The van der Waals surface area contributed by atoms with E-state index in [4.69, 9.17) is 10.5 Å². The molecule has 3 aliphatic rings. The molecule has 0 aromatic rings. The van der Waals surface area contributed by atoms with E-state index in [2.05, 4.69) is 9.89 Å². The molecule has 2 N–H and O–H groups in total. The fourth-order valence-electron chi connectivity index (χ4n) is 4.08. The van der Waals surface area contributed by atoms with Gasteiger partial charge in [-0.2, -0.15) is 0 Å². The minimum absolute atomic E-state index is 0.269. The number of ether oxygens (including phenoxy) is 1. The van der Waals surface area contributed by atoms with Gasteiger partial charge in [-0.1, -0.05) is 0 Å². The summed E-state index contributed by atoms with van der Waals surface area (Å²) in [5.41, 5.74) is 6.30. The number of aliphatic imine (C=N–C) groups is 1. The van der Waals surface area contributed by atoms with E-state index in [1.54, 1.807) is 7.11 Å². The molecular formula is C12H21N3O. The Morgan fingerprint density at radius 1 is 1.56 bits per heavy atom. The molecule has 16 heavy (non-hydrogen) atoms. The normalized spacial score (nSPS) is 41.1. The summed E-state index contributed by atoms with van der Waals surface area (Å²) in [6.45, 7) is 2.56. The van der Waals surface area contributed by atoms with Gasteiger partial charge in [-0.15, -0.1) is 0 Å². The second-order valence-electron chi connectivity index (χ2n) is 5.50. The fourth-order valence-corrected chi connectivity index (χ4v) is 4.08. The Morgan fingerprint density at radius 3 is 3.06 bits per heavy atom. The largest absolute Gasteiger partial charge is 0.383 e. The van der Waals surface area contributed by atoms with Crippen molar-refractivity contribution in [3.8, 4) is 0 Å². The molecule has 0 saturated heterocycles. The zero-order valence-electron chi connectivity index (χ0n) is 9.98. The van der Waals surface area contributed by atoms with Crippen LogP contribution in [0.1, 0.15) is 25.7 Å². The summed E-state index contributed by atoms with van der Waals surface area (Å²) in [6, 6.07) is 0. The Kier molecular flexibility index (Phi) is 2.35. The first-order valence-electron chi connectivity index (χ1n) is 6.33. The van der Waals surface area contributed by atoms with Crippen LogP contribution in [0.2, 0.25) is 0 Å². The average molecular weight is 223 g/mol. The number of nitrogens with zero attached hydrogens (tertiary/aromatic N) is 2. The Labute approximate surface area is 96.8 Å². The van der Waals surface area contributed by atoms with Crippen molar-refractivity contribution in [3.63, 3.8) is 0 Å². The molecule has 1 aliphatic heterocycles. The zero-order chi connectivity index (χ0) is 11.2. The molecule has 0 amide bonds. The molecule has 3 atom stereocenters. The van der Waals surface area contributed by atoms with E-state index in [9.17, 15) is 0 Å². The van der Waals surface area contributed by atoms with Crippen LogP contribution in [0.5, 0.6) is 0 Å². The minimum atomic E-state index is 0.269. The maximum Gasteiger partial charge on any atom is 0.191 e.